The zero-order valence-corrected chi connectivity index (χ0v) is 11.3. The zero-order valence-electron chi connectivity index (χ0n) is 10.4. The Balaban J connectivity index is 2.22. The Morgan fingerprint density at radius 2 is 1.78 bits per heavy atom. The fraction of sp³-hybridized carbons (Fsp3) is 0.133. The monoisotopic (exact) mass is 257 g/mol. The Kier molecular flexibility index (Phi) is 3.72. The summed E-state index contributed by atoms with van der Waals surface area (Å²) in [6.45, 7) is 4.03. The average molecular weight is 257 g/mol. The number of nitrogens with one attached hydrogen (secondary N) is 1. The molecule has 2 nitrogen and oxygen atoms in total. The molecule has 0 aliphatic carbocycles. The first-order valence-corrected chi connectivity index (χ1v) is 6.19. The van der Waals surface area contributed by atoms with Crippen LogP contribution in [0.25, 0.3) is 0 Å². The van der Waals surface area contributed by atoms with E-state index in [1.807, 2.05) is 56.3 Å². The maximum Gasteiger partial charge on any atom is 0.255 e. The van der Waals surface area contributed by atoms with Gasteiger partial charge in [-0.05, 0) is 49.2 Å². The van der Waals surface area contributed by atoms with E-state index < -0.39 is 0 Å². The smallest absolute Gasteiger partial charge is 0.255 e. The molecular formula is C15H15NOS. The van der Waals surface area contributed by atoms with Gasteiger partial charge < -0.3 is 5.32 Å². The minimum absolute atomic E-state index is 0.111. The van der Waals surface area contributed by atoms with Crippen LogP contribution in [0, 0.1) is 13.8 Å². The second-order valence-corrected chi connectivity index (χ2v) is 4.75. The second kappa shape index (κ2) is 5.27. The summed E-state index contributed by atoms with van der Waals surface area (Å²) in [6.07, 6.45) is 0. The summed E-state index contributed by atoms with van der Waals surface area (Å²) < 4.78 is 0. The van der Waals surface area contributed by atoms with Crippen LogP contribution in [-0.2, 0) is 0 Å². The number of thiol groups is 1. The highest BCUT2D eigenvalue weighted by molar-refractivity contribution is 7.80. The lowest BCUT2D eigenvalue weighted by Crippen LogP contribution is -2.12. The molecule has 0 unspecified atom stereocenters. The van der Waals surface area contributed by atoms with Gasteiger partial charge in [0.05, 0.1) is 5.69 Å². The lowest BCUT2D eigenvalue weighted by molar-refractivity contribution is 0.102. The van der Waals surface area contributed by atoms with Gasteiger partial charge in [0.1, 0.15) is 0 Å². The van der Waals surface area contributed by atoms with Crippen molar-refractivity contribution < 1.29 is 4.79 Å². The van der Waals surface area contributed by atoms with Crippen LogP contribution in [0.3, 0.4) is 0 Å². The van der Waals surface area contributed by atoms with Crippen LogP contribution in [-0.4, -0.2) is 5.91 Å². The number of para-hydroxylation sites is 1. The van der Waals surface area contributed by atoms with E-state index in [9.17, 15) is 4.79 Å². The van der Waals surface area contributed by atoms with E-state index in [4.69, 9.17) is 0 Å². The van der Waals surface area contributed by atoms with Crippen LogP contribution in [0.5, 0.6) is 0 Å². The molecule has 2 aromatic rings. The maximum absolute atomic E-state index is 12.1. The van der Waals surface area contributed by atoms with Crippen molar-refractivity contribution in [3.63, 3.8) is 0 Å². The van der Waals surface area contributed by atoms with Gasteiger partial charge in [0.15, 0.2) is 0 Å². The molecule has 0 aliphatic rings. The quantitative estimate of drug-likeness (QED) is 0.786. The van der Waals surface area contributed by atoms with Crippen LogP contribution < -0.4 is 5.32 Å². The molecule has 92 valence electrons. The van der Waals surface area contributed by atoms with Crippen LogP contribution in [0.15, 0.2) is 47.4 Å². The summed E-state index contributed by atoms with van der Waals surface area (Å²) in [5.41, 5.74) is 3.68. The second-order valence-electron chi connectivity index (χ2n) is 4.27. The molecule has 0 atom stereocenters. The lowest BCUT2D eigenvalue weighted by Gasteiger charge is -2.08. The summed E-state index contributed by atoms with van der Waals surface area (Å²) in [5.74, 6) is -0.111. The summed E-state index contributed by atoms with van der Waals surface area (Å²) in [7, 11) is 0. The molecule has 1 amide bonds. The zero-order chi connectivity index (χ0) is 13.1. The molecule has 3 heteroatoms. The normalized spacial score (nSPS) is 10.2. The van der Waals surface area contributed by atoms with Crippen molar-refractivity contribution in [2.75, 3.05) is 5.32 Å². The predicted octanol–water partition coefficient (Wildman–Crippen LogP) is 3.84. The van der Waals surface area contributed by atoms with Gasteiger partial charge in [0.25, 0.3) is 5.91 Å². The molecule has 0 saturated carbocycles. The number of amides is 1. The summed E-state index contributed by atoms with van der Waals surface area (Å²) in [5, 5.41) is 2.86. The molecule has 18 heavy (non-hydrogen) atoms. The van der Waals surface area contributed by atoms with E-state index in [0.717, 1.165) is 16.1 Å². The van der Waals surface area contributed by atoms with Gasteiger partial charge in [-0.2, -0.15) is 0 Å². The summed E-state index contributed by atoms with van der Waals surface area (Å²) in [4.78, 5) is 12.8. The van der Waals surface area contributed by atoms with E-state index >= 15 is 0 Å². The van der Waals surface area contributed by atoms with Crippen LogP contribution >= 0.6 is 12.6 Å². The minimum Gasteiger partial charge on any atom is -0.321 e. The molecule has 2 rings (SSSR count). The van der Waals surface area contributed by atoms with Crippen molar-refractivity contribution in [1.29, 1.82) is 0 Å². The third-order valence-corrected chi connectivity index (χ3v) is 3.31. The van der Waals surface area contributed by atoms with Gasteiger partial charge in [-0.3, -0.25) is 4.79 Å². The molecule has 0 fully saturated rings. The molecule has 2 aromatic carbocycles. The highest BCUT2D eigenvalue weighted by Gasteiger charge is 2.08. The largest absolute Gasteiger partial charge is 0.321 e. The molecule has 0 saturated heterocycles. The van der Waals surface area contributed by atoms with Crippen molar-refractivity contribution in [2.24, 2.45) is 0 Å². The molecule has 0 heterocycles. The van der Waals surface area contributed by atoms with Gasteiger partial charge in [-0.15, -0.1) is 12.6 Å². The van der Waals surface area contributed by atoms with Crippen molar-refractivity contribution in [3.8, 4) is 0 Å². The molecule has 0 spiro atoms. The summed E-state index contributed by atoms with van der Waals surface area (Å²) >= 11 is 4.31. The van der Waals surface area contributed by atoms with Crippen molar-refractivity contribution >= 4 is 24.2 Å². The average Bonchev–Trinajstić information content (AvgIpc) is 2.35. The van der Waals surface area contributed by atoms with Crippen molar-refractivity contribution in [3.05, 3.63) is 59.2 Å². The number of carbonyl (C=O) groups excluding carboxylic acids is 1. The molecule has 0 aromatic heterocycles. The SMILES string of the molecule is Cc1ccc(C(=O)Nc2ccccc2S)cc1C. The Labute approximate surface area is 112 Å². The Bertz CT molecular complexity index is 593. The number of rotatable bonds is 2. The first-order chi connectivity index (χ1) is 8.58. The van der Waals surface area contributed by atoms with E-state index in [2.05, 4.69) is 17.9 Å². The first-order valence-electron chi connectivity index (χ1n) is 5.74. The molecule has 0 aliphatic heterocycles. The van der Waals surface area contributed by atoms with Gasteiger partial charge in [0.2, 0.25) is 0 Å². The van der Waals surface area contributed by atoms with E-state index in [0.29, 0.717) is 5.56 Å². The highest BCUT2D eigenvalue weighted by atomic mass is 32.1. The van der Waals surface area contributed by atoms with Crippen LogP contribution in [0.1, 0.15) is 21.5 Å². The number of hydrogen-bond donors (Lipinski definition) is 2. The van der Waals surface area contributed by atoms with E-state index in [1.54, 1.807) is 0 Å². The number of benzene rings is 2. The standard InChI is InChI=1S/C15H15NOS/c1-10-7-8-12(9-11(10)2)15(17)16-13-5-3-4-6-14(13)18/h3-9,18H,1-2H3,(H,16,17). The van der Waals surface area contributed by atoms with Crippen LogP contribution in [0.2, 0.25) is 0 Å². The minimum atomic E-state index is -0.111. The van der Waals surface area contributed by atoms with Crippen molar-refractivity contribution in [2.45, 2.75) is 18.7 Å². The van der Waals surface area contributed by atoms with Crippen molar-refractivity contribution in [1.82, 2.24) is 0 Å². The van der Waals surface area contributed by atoms with Crippen LogP contribution in [0.4, 0.5) is 5.69 Å². The number of aryl methyl sites for hydroxylation is 2. The Morgan fingerprint density at radius 3 is 2.44 bits per heavy atom. The number of carbonyl (C=O) groups is 1. The Morgan fingerprint density at radius 1 is 1.06 bits per heavy atom. The highest BCUT2D eigenvalue weighted by Crippen LogP contribution is 2.20. The third-order valence-electron chi connectivity index (χ3n) is 2.92. The number of hydrogen-bond acceptors (Lipinski definition) is 2. The van der Waals surface area contributed by atoms with Gasteiger partial charge in [-0.1, -0.05) is 18.2 Å². The van der Waals surface area contributed by atoms with E-state index in [-0.39, 0.29) is 5.91 Å². The molecular weight excluding hydrogens is 242 g/mol. The fourth-order valence-corrected chi connectivity index (χ4v) is 1.87. The maximum atomic E-state index is 12.1. The first kappa shape index (κ1) is 12.7. The molecule has 0 bridgehead atoms. The summed E-state index contributed by atoms with van der Waals surface area (Å²) in [6, 6.07) is 13.1. The lowest BCUT2D eigenvalue weighted by atomic mass is 10.1. The fourth-order valence-electron chi connectivity index (χ4n) is 1.66. The number of anilines is 1. The van der Waals surface area contributed by atoms with E-state index in [1.165, 1.54) is 5.56 Å². The predicted molar refractivity (Wildman–Crippen MR) is 77.6 cm³/mol. The third kappa shape index (κ3) is 2.74. The molecule has 1 N–H and O–H groups in total. The van der Waals surface area contributed by atoms with Gasteiger partial charge in [0, 0.05) is 10.5 Å². The van der Waals surface area contributed by atoms with Gasteiger partial charge >= 0.3 is 0 Å². The van der Waals surface area contributed by atoms with Gasteiger partial charge in [-0.25, -0.2) is 0 Å². The topological polar surface area (TPSA) is 29.1 Å². The Hall–Kier alpha value is -1.74. The molecule has 0 radical (unpaired) electrons.